The van der Waals surface area contributed by atoms with Crippen LogP contribution in [0.25, 0.3) is 0 Å². The van der Waals surface area contributed by atoms with Gasteiger partial charge in [0, 0.05) is 0 Å². The van der Waals surface area contributed by atoms with Crippen LogP contribution in [0.1, 0.15) is 6.92 Å². The lowest BCUT2D eigenvalue weighted by molar-refractivity contribution is 0.824. The maximum atomic E-state index is 4.85. The Bertz CT molecular complexity index is 11.5. The molecule has 0 aromatic carbocycles. The van der Waals surface area contributed by atoms with Gasteiger partial charge in [-0.2, -0.15) is 0 Å². The van der Waals surface area contributed by atoms with Crippen LogP contribution in [0.3, 0.4) is 0 Å². The molecule has 0 aromatic rings. The van der Waals surface area contributed by atoms with Gasteiger partial charge in [-0.05, 0) is 6.54 Å². The molecule has 4 N–H and O–H groups in total. The Hall–Kier alpha value is 0.500. The van der Waals surface area contributed by atoms with E-state index >= 15 is 0 Å². The van der Waals surface area contributed by atoms with Crippen molar-refractivity contribution in [3.8, 4) is 0 Å². The smallest absolute Gasteiger partial charge is 0.0106 e. The Balaban J connectivity index is -0.00000000667. The second-order valence-corrected chi connectivity index (χ2v) is 0.408. The summed E-state index contributed by atoms with van der Waals surface area (Å²) in [5, 5.41) is 0. The predicted molar refractivity (Wildman–Crippen MR) is 32.8 cm³/mol. The second-order valence-electron chi connectivity index (χ2n) is 0.408. The van der Waals surface area contributed by atoms with Crippen molar-refractivity contribution in [3.05, 3.63) is 0 Å². The van der Waals surface area contributed by atoms with Gasteiger partial charge < -0.3 is 11.2 Å². The molecule has 0 aliphatic heterocycles. The van der Waals surface area contributed by atoms with Gasteiger partial charge in [0.15, 0.2) is 0 Å². The van der Waals surface area contributed by atoms with E-state index in [1.54, 1.807) is 0 Å². The molecule has 44 valence electrons. The molecule has 2 nitrogen and oxygen atoms in total. The van der Waals surface area contributed by atoms with Crippen LogP contribution in [0.5, 0.6) is 0 Å². The number of hydrogen-bond acceptors (Lipinski definition) is 1. The second kappa shape index (κ2) is 49.5. The third-order valence-corrected chi connectivity index (χ3v) is 0. The Morgan fingerprint density at radius 2 is 1.33 bits per heavy atom. The van der Waals surface area contributed by atoms with E-state index in [2.05, 4.69) is 0 Å². The zero-order chi connectivity index (χ0) is 2.71. The molecule has 0 saturated carbocycles. The summed E-state index contributed by atoms with van der Waals surface area (Å²) in [5.74, 6) is 0. The van der Waals surface area contributed by atoms with E-state index in [4.69, 9.17) is 5.73 Å². The van der Waals surface area contributed by atoms with Gasteiger partial charge in [-0.3, -0.25) is 0 Å². The predicted octanol–water partition coefficient (Wildman–Crippen LogP) is -0.0161. The molecule has 0 rings (SSSR count). The highest BCUT2D eigenvalue weighted by atomic mass is 35.5. The molecule has 0 spiro atoms. The summed E-state index contributed by atoms with van der Waals surface area (Å²) in [4.78, 5) is 0. The third kappa shape index (κ3) is 221. The lowest BCUT2D eigenvalue weighted by atomic mass is 10.8. The van der Waals surface area contributed by atoms with Crippen LogP contribution in [0.15, 0.2) is 0 Å². The molecule has 0 aliphatic rings. The van der Waals surface area contributed by atoms with E-state index < -0.39 is 0 Å². The molecular weight excluding hydrogens is 125 g/mol. The number of nitrogens with two attached hydrogens (primary N) is 1. The van der Waals surface area contributed by atoms with Crippen LogP contribution in [0.2, 0.25) is 0 Å². The van der Waals surface area contributed by atoms with E-state index in [0.717, 1.165) is 6.54 Å². The minimum Gasteiger partial charge on any atom is -0.412 e. The maximum absolute atomic E-state index is 4.85. The van der Waals surface area contributed by atoms with Gasteiger partial charge in [0.25, 0.3) is 0 Å². The first-order chi connectivity index (χ1) is 1.41. The highest BCUT2D eigenvalue weighted by molar-refractivity contribution is 5.85. The minimum absolute atomic E-state index is 0. The van der Waals surface area contributed by atoms with Crippen LogP contribution in [0.4, 0.5) is 0 Å². The van der Waals surface area contributed by atoms with E-state index in [0.29, 0.717) is 0 Å². The highest BCUT2D eigenvalue weighted by Crippen LogP contribution is 1.20. The lowest BCUT2D eigenvalue weighted by Gasteiger charge is -1.53. The lowest BCUT2D eigenvalue weighted by Crippen LogP contribution is -1.87. The van der Waals surface area contributed by atoms with E-state index in [1.807, 2.05) is 6.92 Å². The Morgan fingerprint density at radius 1 is 1.33 bits per heavy atom. The van der Waals surface area contributed by atoms with Crippen LogP contribution in [0, 0.1) is 0 Å². The van der Waals surface area contributed by atoms with Gasteiger partial charge in [0.2, 0.25) is 0 Å². The first-order valence-electron chi connectivity index (χ1n) is 1.12. The van der Waals surface area contributed by atoms with Crippen LogP contribution >= 0.6 is 24.8 Å². The summed E-state index contributed by atoms with van der Waals surface area (Å²) in [6.07, 6.45) is 0. The molecule has 6 heavy (non-hydrogen) atoms. The number of halogens is 2. The van der Waals surface area contributed by atoms with E-state index in [-0.39, 0.29) is 30.3 Å². The average Bonchev–Trinajstić information content (AvgIpc) is 0.918. The summed E-state index contributed by atoms with van der Waals surface area (Å²) >= 11 is 0. The summed E-state index contributed by atoms with van der Waals surface area (Å²) in [5.41, 5.74) is 4.85. The number of hydrogen-bond donors (Lipinski definition) is 1. The molecule has 0 atom stereocenters. The maximum Gasteiger partial charge on any atom is -0.0106 e. The monoisotopic (exact) mass is 135 g/mol. The summed E-state index contributed by atoms with van der Waals surface area (Å²) < 4.78 is 0. The molecule has 0 bridgehead atoms. The fourth-order valence-corrected chi connectivity index (χ4v) is 0. The van der Waals surface area contributed by atoms with E-state index in [1.165, 1.54) is 0 Å². The summed E-state index contributed by atoms with van der Waals surface area (Å²) in [6, 6.07) is 0. The molecule has 0 amide bonds. The fourth-order valence-electron chi connectivity index (χ4n) is 0. The largest absolute Gasteiger partial charge is 0.412 e. The van der Waals surface area contributed by atoms with Crippen molar-refractivity contribution in [1.29, 1.82) is 0 Å². The van der Waals surface area contributed by atoms with Crippen LogP contribution in [-0.2, 0) is 0 Å². The van der Waals surface area contributed by atoms with Crippen molar-refractivity contribution in [1.82, 2.24) is 0 Å². The van der Waals surface area contributed by atoms with Gasteiger partial charge in [-0.25, -0.2) is 0 Å². The molecular formula is C2H11Cl2NO. The molecule has 4 heteroatoms. The molecule has 0 aliphatic carbocycles. The van der Waals surface area contributed by atoms with Crippen LogP contribution < -0.4 is 5.73 Å². The zero-order valence-corrected chi connectivity index (χ0v) is 5.23. The molecule has 0 heterocycles. The minimum atomic E-state index is 0. The van der Waals surface area contributed by atoms with E-state index in [9.17, 15) is 0 Å². The van der Waals surface area contributed by atoms with Crippen molar-refractivity contribution in [3.63, 3.8) is 0 Å². The SMILES string of the molecule is CCN.Cl.Cl.O. The molecule has 0 fully saturated rings. The first kappa shape index (κ1) is 31.5. The van der Waals surface area contributed by atoms with Crippen molar-refractivity contribution in [2.24, 2.45) is 5.73 Å². The standard InChI is InChI=1S/C2H7N.2ClH.H2O/c1-2-3;;;/h2-3H2,1H3;2*1H;1H2. The van der Waals surface area contributed by atoms with Crippen molar-refractivity contribution in [2.45, 2.75) is 6.92 Å². The van der Waals surface area contributed by atoms with Gasteiger partial charge in [-0.1, -0.05) is 6.92 Å². The van der Waals surface area contributed by atoms with Gasteiger partial charge >= 0.3 is 0 Å². The molecule has 0 unspecified atom stereocenters. The Labute approximate surface area is 50.2 Å². The van der Waals surface area contributed by atoms with Crippen LogP contribution in [-0.4, -0.2) is 12.0 Å². The Kier molecular flexibility index (Phi) is 260. The Morgan fingerprint density at radius 3 is 1.33 bits per heavy atom. The molecule has 0 saturated heterocycles. The first-order valence-corrected chi connectivity index (χ1v) is 1.12. The number of rotatable bonds is 0. The summed E-state index contributed by atoms with van der Waals surface area (Å²) in [7, 11) is 0. The fraction of sp³-hybridized carbons (Fsp3) is 1.00. The highest BCUT2D eigenvalue weighted by Gasteiger charge is 1.32. The summed E-state index contributed by atoms with van der Waals surface area (Å²) in [6.45, 7) is 2.65. The van der Waals surface area contributed by atoms with Gasteiger partial charge in [0.1, 0.15) is 0 Å². The average molecular weight is 136 g/mol. The third-order valence-electron chi connectivity index (χ3n) is 0. The molecule has 0 radical (unpaired) electrons. The van der Waals surface area contributed by atoms with Gasteiger partial charge in [-0.15, -0.1) is 24.8 Å². The van der Waals surface area contributed by atoms with Crippen molar-refractivity contribution in [2.75, 3.05) is 6.54 Å². The van der Waals surface area contributed by atoms with Crippen molar-refractivity contribution < 1.29 is 5.48 Å². The quantitative estimate of drug-likeness (QED) is 0.500. The zero-order valence-electron chi connectivity index (χ0n) is 3.60. The topological polar surface area (TPSA) is 57.5 Å². The van der Waals surface area contributed by atoms with Crippen molar-refractivity contribution >= 4 is 24.8 Å². The molecule has 0 aromatic heterocycles. The van der Waals surface area contributed by atoms with Gasteiger partial charge in [0.05, 0.1) is 0 Å². The normalized spacial score (nSPS) is 3.00.